The number of likely N-dealkylation sites (N-methyl/N-ethyl adjacent to an activating group) is 2. The van der Waals surface area contributed by atoms with E-state index in [2.05, 4.69) is 44.0 Å². The van der Waals surface area contributed by atoms with Crippen LogP contribution in [0.3, 0.4) is 0 Å². The molecule has 2 heterocycles. The second-order valence-electron chi connectivity index (χ2n) is 23.1. The van der Waals surface area contributed by atoms with Gasteiger partial charge in [0.2, 0.25) is 35.4 Å². The van der Waals surface area contributed by atoms with Gasteiger partial charge in [-0.3, -0.25) is 38.4 Å². The maximum Gasteiger partial charge on any atom is 0.253 e. The number of nitrogens with one attached hydrogen (secondary N) is 6. The third-order valence-electron chi connectivity index (χ3n) is 15.7. The van der Waals surface area contributed by atoms with E-state index in [0.717, 1.165) is 47.9 Å². The SMILES string of the molecule is CN[C@@H](C)C(=O)N[C@H](C(=O)N1CCN(C(=O)c2ccc(C(=O)N3CCN(C(=O)[C@@H](NC(=O)[C@H](C)NC)C(C)(C)C)[C@H](C(=O)N[C@@H]4CCCc5ccccc54)C3)cc2)C[C@H]1C(=O)N[C@@H]1CCCc2ccccc21)C(C)(C)C. The van der Waals surface area contributed by atoms with Gasteiger partial charge >= 0.3 is 0 Å². The molecule has 2 saturated heterocycles. The summed E-state index contributed by atoms with van der Waals surface area (Å²) in [6.07, 6.45) is 4.96. The van der Waals surface area contributed by atoms with E-state index < -0.39 is 82.5 Å². The molecule has 7 rings (SSSR count). The van der Waals surface area contributed by atoms with E-state index in [4.69, 9.17) is 0 Å². The summed E-state index contributed by atoms with van der Waals surface area (Å²) < 4.78 is 0. The van der Waals surface area contributed by atoms with Crippen molar-refractivity contribution in [2.45, 2.75) is 142 Å². The number of carbonyl (C=O) groups excluding carboxylic acids is 8. The van der Waals surface area contributed by atoms with E-state index in [-0.39, 0.29) is 74.3 Å². The van der Waals surface area contributed by atoms with Crippen LogP contribution in [-0.2, 0) is 41.6 Å². The zero-order valence-corrected chi connectivity index (χ0v) is 46.1. The predicted octanol–water partition coefficient (Wildman–Crippen LogP) is 3.66. The smallest absolute Gasteiger partial charge is 0.253 e. The van der Waals surface area contributed by atoms with Gasteiger partial charge in [0.1, 0.15) is 24.2 Å². The highest BCUT2D eigenvalue weighted by molar-refractivity contribution is 6.00. The number of piperazine rings is 2. The van der Waals surface area contributed by atoms with Gasteiger partial charge in [-0.25, -0.2) is 0 Å². The fourth-order valence-electron chi connectivity index (χ4n) is 10.8. The summed E-state index contributed by atoms with van der Waals surface area (Å²) in [7, 11) is 3.32. The number of amides is 8. The first-order valence-corrected chi connectivity index (χ1v) is 27.0. The molecule has 0 spiro atoms. The van der Waals surface area contributed by atoms with Crippen LogP contribution in [0, 0.1) is 10.8 Å². The molecule has 4 aliphatic rings. The molecule has 8 amide bonds. The highest BCUT2D eigenvalue weighted by Gasteiger charge is 2.46. The molecule has 0 unspecified atom stereocenters. The molecule has 0 aromatic heterocycles. The Labute approximate surface area is 448 Å². The van der Waals surface area contributed by atoms with E-state index in [9.17, 15) is 38.4 Å². The van der Waals surface area contributed by atoms with Gasteiger partial charge in [0.25, 0.3) is 11.8 Å². The van der Waals surface area contributed by atoms with Crippen LogP contribution in [0.2, 0.25) is 0 Å². The number of fused-ring (bicyclic) bond motifs is 2. The molecule has 3 aromatic rings. The quantitative estimate of drug-likeness (QED) is 0.138. The number of rotatable bonds is 14. The van der Waals surface area contributed by atoms with Crippen molar-refractivity contribution >= 4 is 47.3 Å². The van der Waals surface area contributed by atoms with Crippen LogP contribution < -0.4 is 31.9 Å². The van der Waals surface area contributed by atoms with Gasteiger partial charge in [0, 0.05) is 37.3 Å². The average Bonchev–Trinajstić information content (AvgIpc) is 3.42. The monoisotopic (exact) mass is 1040 g/mol. The van der Waals surface area contributed by atoms with Crippen molar-refractivity contribution in [3.8, 4) is 0 Å². The van der Waals surface area contributed by atoms with Crippen LogP contribution in [0.5, 0.6) is 0 Å². The Hall–Kier alpha value is -6.66. The van der Waals surface area contributed by atoms with Crippen LogP contribution in [0.1, 0.15) is 136 Å². The fourth-order valence-corrected chi connectivity index (χ4v) is 10.8. The Kier molecular flexibility index (Phi) is 18.1. The maximum absolute atomic E-state index is 14.7. The Bertz CT molecular complexity index is 2470. The first kappa shape index (κ1) is 57.1. The van der Waals surface area contributed by atoms with Crippen molar-refractivity contribution in [2.75, 3.05) is 53.4 Å². The summed E-state index contributed by atoms with van der Waals surface area (Å²) in [5.74, 6) is -3.17. The van der Waals surface area contributed by atoms with Crippen LogP contribution in [0.15, 0.2) is 72.8 Å². The lowest BCUT2D eigenvalue weighted by Gasteiger charge is -2.44. The first-order valence-electron chi connectivity index (χ1n) is 27.0. The minimum Gasteiger partial charge on any atom is -0.347 e. The number of carbonyl (C=O) groups is 8. The van der Waals surface area contributed by atoms with Crippen LogP contribution in [0.25, 0.3) is 0 Å². The molecule has 2 aliphatic carbocycles. The van der Waals surface area contributed by atoms with Crippen LogP contribution in [-0.4, -0.2) is 156 Å². The van der Waals surface area contributed by atoms with Crippen molar-refractivity contribution in [1.29, 1.82) is 0 Å². The van der Waals surface area contributed by atoms with Gasteiger partial charge in [-0.2, -0.15) is 0 Å². The second-order valence-corrected chi connectivity index (χ2v) is 23.1. The van der Waals surface area contributed by atoms with Crippen molar-refractivity contribution in [1.82, 2.24) is 51.5 Å². The van der Waals surface area contributed by atoms with E-state index in [1.165, 1.54) is 9.80 Å². The van der Waals surface area contributed by atoms with Crippen molar-refractivity contribution in [3.63, 3.8) is 0 Å². The van der Waals surface area contributed by atoms with E-state index in [1.807, 2.05) is 77.9 Å². The maximum atomic E-state index is 14.7. The fraction of sp³-hybridized carbons (Fsp3) is 0.552. The Balaban J connectivity index is 1.11. The molecule has 18 heteroatoms. The standard InChI is InChI=1S/C58H80N10O8/c1-35(59-9)49(69)63-47(57(3,4)5)55(75)67-31-29-65(33-45(67)51(71)61-43-23-15-19-37-17-11-13-21-41(37)43)53(73)39-25-27-40(28-26-39)54(74)66-30-32-68(56(76)48(58(6,7)8)64-50(70)36(2)60-10)46(34-66)52(72)62-44-24-16-20-38-18-12-14-22-42(38)44/h11-14,17-18,21-22,25-28,35-36,43-48,59-60H,15-16,19-20,23-24,29-34H2,1-10H3,(H,61,71)(H,62,72)(H,63,69)(H,64,70)/t35-,36-,43+,44+,45-,46-,47+,48+/m0/s1. The molecule has 0 saturated carbocycles. The molecule has 0 bridgehead atoms. The molecule has 0 radical (unpaired) electrons. The minimum atomic E-state index is -1.08. The number of aryl methyl sites for hydroxylation is 2. The molecular formula is C58H80N10O8. The summed E-state index contributed by atoms with van der Waals surface area (Å²) in [6, 6.07) is 16.4. The van der Waals surface area contributed by atoms with E-state index >= 15 is 0 Å². The average molecular weight is 1050 g/mol. The van der Waals surface area contributed by atoms with Crippen molar-refractivity contribution in [2.24, 2.45) is 10.8 Å². The van der Waals surface area contributed by atoms with Gasteiger partial charge in [0.15, 0.2) is 0 Å². The minimum absolute atomic E-state index is 0.0267. The molecule has 410 valence electrons. The number of hydrogen-bond donors (Lipinski definition) is 6. The van der Waals surface area contributed by atoms with Gasteiger partial charge < -0.3 is 51.5 Å². The lowest BCUT2D eigenvalue weighted by molar-refractivity contribution is -0.148. The summed E-state index contributed by atoms with van der Waals surface area (Å²) >= 11 is 0. The van der Waals surface area contributed by atoms with Gasteiger partial charge in [0.05, 0.1) is 37.3 Å². The van der Waals surface area contributed by atoms with Crippen LogP contribution in [0.4, 0.5) is 0 Å². The normalized spacial score (nSPS) is 21.4. The summed E-state index contributed by atoms with van der Waals surface area (Å²) in [5, 5.41) is 18.1. The molecule has 8 atom stereocenters. The van der Waals surface area contributed by atoms with E-state index in [0.29, 0.717) is 12.8 Å². The zero-order valence-electron chi connectivity index (χ0n) is 46.1. The largest absolute Gasteiger partial charge is 0.347 e. The molecule has 2 aliphatic heterocycles. The van der Waals surface area contributed by atoms with Crippen molar-refractivity contribution in [3.05, 3.63) is 106 Å². The molecule has 2 fully saturated rings. The Morgan fingerprint density at radius 1 is 0.513 bits per heavy atom. The van der Waals surface area contributed by atoms with Gasteiger partial charge in [-0.1, -0.05) is 90.1 Å². The predicted molar refractivity (Wildman–Crippen MR) is 290 cm³/mol. The second kappa shape index (κ2) is 24.1. The first-order chi connectivity index (χ1) is 36.0. The summed E-state index contributed by atoms with van der Waals surface area (Å²) in [6.45, 7) is 14.6. The molecule has 76 heavy (non-hydrogen) atoms. The molecule has 6 N–H and O–H groups in total. The highest BCUT2D eigenvalue weighted by atomic mass is 16.2. The summed E-state index contributed by atoms with van der Waals surface area (Å²) in [5.41, 5.74) is 3.42. The topological polar surface area (TPSA) is 222 Å². The Morgan fingerprint density at radius 3 is 1.21 bits per heavy atom. The third kappa shape index (κ3) is 12.9. The lowest BCUT2D eigenvalue weighted by Crippen LogP contribution is -2.66. The summed E-state index contributed by atoms with van der Waals surface area (Å²) in [4.78, 5) is 120. The number of benzene rings is 3. The number of hydrogen-bond acceptors (Lipinski definition) is 10. The molecule has 3 aromatic carbocycles. The van der Waals surface area contributed by atoms with Crippen molar-refractivity contribution < 1.29 is 38.4 Å². The zero-order chi connectivity index (χ0) is 55.2. The van der Waals surface area contributed by atoms with Gasteiger partial charge in [-0.05, 0) is 124 Å². The third-order valence-corrected chi connectivity index (χ3v) is 15.7. The highest BCUT2D eigenvalue weighted by Crippen LogP contribution is 2.33. The van der Waals surface area contributed by atoms with Crippen LogP contribution >= 0.6 is 0 Å². The Morgan fingerprint density at radius 2 is 0.868 bits per heavy atom. The van der Waals surface area contributed by atoms with E-state index in [1.54, 1.807) is 62.0 Å². The molecular weight excluding hydrogens is 965 g/mol. The number of nitrogens with zero attached hydrogens (tertiary/aromatic N) is 4. The van der Waals surface area contributed by atoms with Gasteiger partial charge in [-0.15, -0.1) is 0 Å². The molecule has 18 nitrogen and oxygen atoms in total. The lowest BCUT2D eigenvalue weighted by atomic mass is 9.85.